The summed E-state index contributed by atoms with van der Waals surface area (Å²) in [6.07, 6.45) is 9.26. The summed E-state index contributed by atoms with van der Waals surface area (Å²) in [5.74, 6) is -0.398. The Morgan fingerprint density at radius 3 is 2.07 bits per heavy atom. The molecule has 9 nitrogen and oxygen atoms in total. The summed E-state index contributed by atoms with van der Waals surface area (Å²) in [5, 5.41) is -0.985. The van der Waals surface area contributed by atoms with Crippen LogP contribution in [0.3, 0.4) is 0 Å². The second kappa shape index (κ2) is 11.1. The van der Waals surface area contributed by atoms with Crippen molar-refractivity contribution in [3.63, 3.8) is 0 Å². The summed E-state index contributed by atoms with van der Waals surface area (Å²) >= 11 is 0. The number of anilines is 1. The van der Waals surface area contributed by atoms with E-state index in [1.165, 1.54) is 0 Å². The highest BCUT2D eigenvalue weighted by Gasteiger charge is 2.65. The molecule has 1 aliphatic carbocycles. The van der Waals surface area contributed by atoms with E-state index in [2.05, 4.69) is 38.7 Å². The molecule has 1 spiro atoms. The molecule has 3 heterocycles. The van der Waals surface area contributed by atoms with Crippen LogP contribution in [0.2, 0.25) is 0 Å². The van der Waals surface area contributed by atoms with Crippen LogP contribution >= 0.6 is 0 Å². The Balaban J connectivity index is 1.32. The van der Waals surface area contributed by atoms with Gasteiger partial charge in [0.1, 0.15) is 11.4 Å². The van der Waals surface area contributed by atoms with Crippen molar-refractivity contribution in [1.82, 2.24) is 4.48 Å². The van der Waals surface area contributed by atoms with Gasteiger partial charge in [0.2, 0.25) is 5.37 Å². The number of ketones is 1. The van der Waals surface area contributed by atoms with E-state index in [0.29, 0.717) is 43.5 Å². The van der Waals surface area contributed by atoms with Crippen LogP contribution < -0.4 is 9.38 Å². The lowest BCUT2D eigenvalue weighted by molar-refractivity contribution is -0.111. The zero-order valence-electron chi connectivity index (χ0n) is 26.6. The van der Waals surface area contributed by atoms with Gasteiger partial charge in [-0.05, 0) is 69.0 Å². The van der Waals surface area contributed by atoms with E-state index < -0.39 is 36.4 Å². The van der Waals surface area contributed by atoms with Gasteiger partial charge >= 0.3 is 10.1 Å². The van der Waals surface area contributed by atoms with Gasteiger partial charge in [0.05, 0.1) is 24.1 Å². The number of Topliss-reactive ketones (excluding diaryl/α,β-unsaturated/α-hetero) is 1. The Morgan fingerprint density at radius 2 is 1.46 bits per heavy atom. The van der Waals surface area contributed by atoms with Crippen molar-refractivity contribution < 1.29 is 30.7 Å². The lowest BCUT2D eigenvalue weighted by atomic mass is 9.83. The third kappa shape index (κ3) is 5.22. The van der Waals surface area contributed by atoms with Crippen LogP contribution in [0.4, 0.5) is 11.4 Å². The fraction of sp³-hybridized carbons (Fsp3) is 0.400. The molecule has 46 heavy (non-hydrogen) atoms. The first-order valence-corrected chi connectivity index (χ1v) is 18.7. The van der Waals surface area contributed by atoms with Crippen molar-refractivity contribution in [3.05, 3.63) is 107 Å². The summed E-state index contributed by atoms with van der Waals surface area (Å²) in [6.45, 7) is 9.25. The molecule has 4 aliphatic rings. The van der Waals surface area contributed by atoms with E-state index in [1.54, 1.807) is 0 Å². The second-order valence-electron chi connectivity index (χ2n) is 13.7. The highest BCUT2D eigenvalue weighted by Crippen LogP contribution is 2.58. The predicted molar refractivity (Wildman–Crippen MR) is 181 cm³/mol. The summed E-state index contributed by atoms with van der Waals surface area (Å²) in [6, 6.07) is 15.7. The van der Waals surface area contributed by atoms with Gasteiger partial charge in [0.15, 0.2) is 5.78 Å². The van der Waals surface area contributed by atoms with Crippen LogP contribution in [-0.2, 0) is 35.9 Å². The van der Waals surface area contributed by atoms with Gasteiger partial charge in [-0.1, -0.05) is 56.3 Å². The molecule has 2 unspecified atom stereocenters. The molecule has 2 fully saturated rings. The molecule has 1 saturated heterocycles. The molecule has 0 bridgehead atoms. The van der Waals surface area contributed by atoms with E-state index in [1.807, 2.05) is 66.8 Å². The Kier molecular flexibility index (Phi) is 7.88. The van der Waals surface area contributed by atoms with Crippen LogP contribution in [0.15, 0.2) is 95.4 Å². The average molecular weight is 666 g/mol. The predicted octanol–water partition coefficient (Wildman–Crippen LogP) is 5.96. The molecule has 1 saturated carbocycles. The minimum atomic E-state index is -4.32. The molecule has 6 rings (SSSR count). The first kappa shape index (κ1) is 32.6. The number of rotatable bonds is 7. The Morgan fingerprint density at radius 1 is 0.848 bits per heavy atom. The summed E-state index contributed by atoms with van der Waals surface area (Å²) < 4.78 is 67.3. The SMILES string of the molecule is CC1(C)C(=CC=C2CCC(=CC=C3C(C)(C)c4ccccc4[N+]34CCC4S(=O)(=O)O)C2=O)N(CCCS(=O)(=O)O)c2ccccc21. The molecule has 11 heteroatoms. The number of allylic oxidation sites excluding steroid dienone is 8. The maximum absolute atomic E-state index is 13.7. The van der Waals surface area contributed by atoms with Gasteiger partial charge in [0.25, 0.3) is 10.1 Å². The average Bonchev–Trinajstić information content (AvgIpc) is 3.48. The number of benzene rings is 2. The number of para-hydroxylation sites is 2. The number of carbonyl (C=O) groups excluding carboxylic acids is 1. The van der Waals surface area contributed by atoms with E-state index in [4.69, 9.17) is 0 Å². The molecule has 3 aliphatic heterocycles. The maximum Gasteiger partial charge on any atom is 0.320 e. The first-order valence-electron chi connectivity index (χ1n) is 15.6. The number of hydrogen-bond acceptors (Lipinski definition) is 6. The van der Waals surface area contributed by atoms with E-state index in [0.717, 1.165) is 33.9 Å². The van der Waals surface area contributed by atoms with Crippen molar-refractivity contribution >= 4 is 37.4 Å². The second-order valence-corrected chi connectivity index (χ2v) is 16.9. The quantitative estimate of drug-likeness (QED) is 0.211. The zero-order valence-corrected chi connectivity index (χ0v) is 28.2. The van der Waals surface area contributed by atoms with Gasteiger partial charge in [0, 0.05) is 40.1 Å². The largest absolute Gasteiger partial charge is 0.344 e. The standard InChI is InChI=1S/C35H40N2O7S2/c1-34(2)26-10-5-7-12-28(26)36(21-9-23-45(39,40)41)30(34)18-16-24-14-15-25(33(24)38)17-19-31-35(3,4)27-11-6-8-13-29(27)37(31)22-20-32(37)46(42,43)44/h5-8,10-13,16-19,32H,9,14-15,20-23H2,1-4H3,(H-,39,40,41,42,43,44)/p+1. The van der Waals surface area contributed by atoms with Gasteiger partial charge in [-0.25, -0.2) is 4.48 Å². The van der Waals surface area contributed by atoms with E-state index in [-0.39, 0.29) is 22.4 Å². The summed E-state index contributed by atoms with van der Waals surface area (Å²) in [4.78, 5) is 15.7. The Hall–Kier alpha value is -3.35. The molecule has 2 aromatic rings. The van der Waals surface area contributed by atoms with Crippen molar-refractivity contribution in [2.75, 3.05) is 23.7 Å². The zero-order chi connectivity index (χ0) is 33.3. The number of quaternary nitrogens is 1. The molecular weight excluding hydrogens is 625 g/mol. The molecule has 0 amide bonds. The number of hydrogen-bond donors (Lipinski definition) is 2. The summed E-state index contributed by atoms with van der Waals surface area (Å²) in [7, 11) is -8.41. The lowest BCUT2D eigenvalue weighted by Crippen LogP contribution is -2.68. The van der Waals surface area contributed by atoms with Crippen molar-refractivity contribution in [2.24, 2.45) is 0 Å². The van der Waals surface area contributed by atoms with Crippen molar-refractivity contribution in [1.29, 1.82) is 0 Å². The Labute approximate surface area is 271 Å². The minimum absolute atomic E-state index is 0.0534. The number of carbonyl (C=O) groups is 1. The minimum Gasteiger partial charge on any atom is -0.344 e. The van der Waals surface area contributed by atoms with Crippen LogP contribution in [-0.4, -0.2) is 55.9 Å². The Bertz CT molecular complexity index is 1970. The number of nitrogens with zero attached hydrogens (tertiary/aromatic N) is 2. The maximum atomic E-state index is 13.7. The fourth-order valence-electron chi connectivity index (χ4n) is 8.04. The normalized spacial score (nSPS) is 28.4. The van der Waals surface area contributed by atoms with Gasteiger partial charge in [-0.3, -0.25) is 13.9 Å². The molecule has 2 atom stereocenters. The third-order valence-electron chi connectivity index (χ3n) is 10.4. The van der Waals surface area contributed by atoms with Crippen LogP contribution in [0.5, 0.6) is 0 Å². The molecule has 2 aromatic carbocycles. The molecule has 0 aromatic heterocycles. The van der Waals surface area contributed by atoms with Crippen LogP contribution in [0.1, 0.15) is 64.5 Å². The fourth-order valence-corrected chi connectivity index (χ4v) is 9.73. The highest BCUT2D eigenvalue weighted by molar-refractivity contribution is 7.86. The van der Waals surface area contributed by atoms with Crippen LogP contribution in [0.25, 0.3) is 0 Å². The molecule has 2 N–H and O–H groups in total. The van der Waals surface area contributed by atoms with Crippen molar-refractivity contribution in [2.45, 2.75) is 69.6 Å². The van der Waals surface area contributed by atoms with Gasteiger partial charge < -0.3 is 4.90 Å². The monoisotopic (exact) mass is 665 g/mol. The topological polar surface area (TPSA) is 129 Å². The summed E-state index contributed by atoms with van der Waals surface area (Å²) in [5.41, 5.74) is 6.15. The van der Waals surface area contributed by atoms with Gasteiger partial charge in [-0.15, -0.1) is 0 Å². The molecule has 0 radical (unpaired) electrons. The highest BCUT2D eigenvalue weighted by atomic mass is 32.2. The lowest BCUT2D eigenvalue weighted by Gasteiger charge is -2.49. The van der Waals surface area contributed by atoms with E-state index in [9.17, 15) is 30.7 Å². The van der Waals surface area contributed by atoms with E-state index >= 15 is 0 Å². The van der Waals surface area contributed by atoms with Crippen molar-refractivity contribution in [3.8, 4) is 0 Å². The third-order valence-corrected chi connectivity index (χ3v) is 12.4. The first-order chi connectivity index (χ1) is 21.5. The molecular formula is C35H41N2O7S2+. The number of fused-ring (bicyclic) bond motifs is 3. The van der Waals surface area contributed by atoms with Gasteiger partial charge in [-0.2, -0.15) is 16.8 Å². The smallest absolute Gasteiger partial charge is 0.320 e. The van der Waals surface area contributed by atoms with Crippen LogP contribution in [0, 0.1) is 0 Å². The molecule has 244 valence electrons.